The molecule has 4 rings (SSSR count). The molecule has 1 aliphatic rings. The third-order valence-corrected chi connectivity index (χ3v) is 9.76. The van der Waals surface area contributed by atoms with Crippen molar-refractivity contribution in [1.29, 1.82) is 0 Å². The van der Waals surface area contributed by atoms with Crippen molar-refractivity contribution in [2.24, 2.45) is 5.92 Å². The average Bonchev–Trinajstić information content (AvgIpc) is 2.96. The van der Waals surface area contributed by atoms with Crippen LogP contribution in [-0.4, -0.2) is 56.6 Å². The van der Waals surface area contributed by atoms with Crippen LogP contribution in [-0.2, 0) is 24.2 Å². The number of carbonyl (C=O) groups is 1. The van der Waals surface area contributed by atoms with Crippen molar-refractivity contribution < 1.29 is 27.8 Å². The number of nitrogens with zero attached hydrogens (tertiary/aromatic N) is 2. The lowest BCUT2D eigenvalue weighted by molar-refractivity contribution is -0.137. The standard InChI is InChI=1S/C32H40F2N2O4S/c1-21-14-25-15-23(6-5-13-35(3)4)8-12-31(25)41(39,40)36(19-21)20-26-16-24(9-7-22(26)2)29(18-32(37)38)28-11-10-27(33)17-30(28)34/h7-12,15-17,21,29,39-40H,5-6,13-14,18-20H2,1-4H3,(H,37,38). The molecule has 3 aromatic carbocycles. The van der Waals surface area contributed by atoms with Gasteiger partial charge < -0.3 is 10.0 Å². The van der Waals surface area contributed by atoms with Crippen molar-refractivity contribution in [2.45, 2.75) is 56.9 Å². The summed E-state index contributed by atoms with van der Waals surface area (Å²) in [4.78, 5) is 14.4. The molecule has 222 valence electrons. The fraction of sp³-hybridized carbons (Fsp3) is 0.406. The molecule has 0 radical (unpaired) electrons. The van der Waals surface area contributed by atoms with Gasteiger partial charge in [-0.15, -0.1) is 10.8 Å². The van der Waals surface area contributed by atoms with Crippen molar-refractivity contribution in [2.75, 3.05) is 27.2 Å². The maximum atomic E-state index is 14.7. The molecule has 1 aliphatic heterocycles. The van der Waals surface area contributed by atoms with Gasteiger partial charge in [0.25, 0.3) is 0 Å². The highest BCUT2D eigenvalue weighted by atomic mass is 32.3. The fourth-order valence-electron chi connectivity index (χ4n) is 5.63. The fourth-order valence-corrected chi connectivity index (χ4v) is 7.44. The van der Waals surface area contributed by atoms with Gasteiger partial charge in [0, 0.05) is 25.1 Å². The van der Waals surface area contributed by atoms with E-state index in [1.54, 1.807) is 10.4 Å². The molecule has 3 N–H and O–H groups in total. The first-order valence-electron chi connectivity index (χ1n) is 13.9. The summed E-state index contributed by atoms with van der Waals surface area (Å²) in [5, 5.41) is 9.58. The van der Waals surface area contributed by atoms with Crippen LogP contribution in [0.5, 0.6) is 0 Å². The van der Waals surface area contributed by atoms with Crippen LogP contribution in [0.15, 0.2) is 59.5 Å². The molecule has 0 aromatic heterocycles. The monoisotopic (exact) mass is 586 g/mol. The molecule has 0 saturated carbocycles. The van der Waals surface area contributed by atoms with E-state index in [0.29, 0.717) is 17.0 Å². The van der Waals surface area contributed by atoms with E-state index < -0.39 is 34.3 Å². The summed E-state index contributed by atoms with van der Waals surface area (Å²) in [5.41, 5.74) is 4.50. The molecule has 0 amide bonds. The zero-order chi connectivity index (χ0) is 29.9. The highest BCUT2D eigenvalue weighted by Gasteiger charge is 2.33. The molecule has 3 aromatic rings. The Bertz CT molecular complexity index is 1400. The zero-order valence-electron chi connectivity index (χ0n) is 24.1. The van der Waals surface area contributed by atoms with Crippen molar-refractivity contribution >= 4 is 16.7 Å². The van der Waals surface area contributed by atoms with E-state index in [-0.39, 0.29) is 24.4 Å². The Balaban J connectivity index is 1.65. The van der Waals surface area contributed by atoms with E-state index in [0.717, 1.165) is 54.6 Å². The summed E-state index contributed by atoms with van der Waals surface area (Å²) in [5.74, 6) is -3.30. The van der Waals surface area contributed by atoms with E-state index in [1.807, 2.05) is 45.3 Å². The summed E-state index contributed by atoms with van der Waals surface area (Å²) in [7, 11) is 0.794. The minimum Gasteiger partial charge on any atom is -0.481 e. The number of carboxylic acid groups (broad SMARTS) is 1. The van der Waals surface area contributed by atoms with E-state index >= 15 is 0 Å². The van der Waals surface area contributed by atoms with Gasteiger partial charge in [0.1, 0.15) is 11.6 Å². The second-order valence-electron chi connectivity index (χ2n) is 11.5. The van der Waals surface area contributed by atoms with Gasteiger partial charge in [0.05, 0.1) is 11.3 Å². The number of halogens is 2. The lowest BCUT2D eigenvalue weighted by Gasteiger charge is -2.43. The van der Waals surface area contributed by atoms with Gasteiger partial charge in [-0.25, -0.2) is 8.78 Å². The van der Waals surface area contributed by atoms with E-state index in [9.17, 15) is 27.8 Å². The zero-order valence-corrected chi connectivity index (χ0v) is 24.9. The predicted molar refractivity (Wildman–Crippen MR) is 159 cm³/mol. The van der Waals surface area contributed by atoms with Crippen LogP contribution in [0.1, 0.15) is 59.1 Å². The third-order valence-electron chi connectivity index (χ3n) is 7.77. The second-order valence-corrected chi connectivity index (χ2v) is 13.5. The summed E-state index contributed by atoms with van der Waals surface area (Å²) in [6.45, 7) is 5.67. The number of rotatable bonds is 10. The molecule has 2 unspecified atom stereocenters. The molecule has 0 fully saturated rings. The number of fused-ring (bicyclic) bond motifs is 1. The Morgan fingerprint density at radius 3 is 2.54 bits per heavy atom. The van der Waals surface area contributed by atoms with Gasteiger partial charge in [0.15, 0.2) is 0 Å². The third kappa shape index (κ3) is 7.53. The molecule has 0 bridgehead atoms. The van der Waals surface area contributed by atoms with Gasteiger partial charge in [-0.05, 0) is 98.3 Å². The molecule has 9 heteroatoms. The van der Waals surface area contributed by atoms with Crippen LogP contribution in [0.25, 0.3) is 0 Å². The van der Waals surface area contributed by atoms with Crippen molar-refractivity contribution in [1.82, 2.24) is 9.21 Å². The van der Waals surface area contributed by atoms with Crippen LogP contribution in [0.4, 0.5) is 8.78 Å². The molecule has 0 saturated heterocycles. The number of carboxylic acids is 1. The minimum absolute atomic E-state index is 0.103. The predicted octanol–water partition coefficient (Wildman–Crippen LogP) is 7.09. The smallest absolute Gasteiger partial charge is 0.304 e. The molecule has 2 atom stereocenters. The summed E-state index contributed by atoms with van der Waals surface area (Å²) in [6.07, 6.45) is 2.29. The molecule has 41 heavy (non-hydrogen) atoms. The number of aryl methyl sites for hydroxylation is 2. The van der Waals surface area contributed by atoms with Gasteiger partial charge >= 0.3 is 5.97 Å². The Labute approximate surface area is 243 Å². The quantitative estimate of drug-likeness (QED) is 0.235. The minimum atomic E-state index is -3.30. The molecular formula is C32H40F2N2O4S. The normalized spacial score (nSPS) is 18.5. The Hall–Kier alpha value is -2.82. The summed E-state index contributed by atoms with van der Waals surface area (Å²) in [6, 6.07) is 14.5. The van der Waals surface area contributed by atoms with Crippen LogP contribution < -0.4 is 0 Å². The highest BCUT2D eigenvalue weighted by Crippen LogP contribution is 2.56. The molecule has 1 heterocycles. The maximum absolute atomic E-state index is 14.7. The maximum Gasteiger partial charge on any atom is 0.304 e. The van der Waals surface area contributed by atoms with E-state index in [4.69, 9.17) is 0 Å². The second kappa shape index (κ2) is 13.0. The van der Waals surface area contributed by atoms with Crippen LogP contribution in [0.2, 0.25) is 0 Å². The molecule has 6 nitrogen and oxygen atoms in total. The van der Waals surface area contributed by atoms with Gasteiger partial charge in [-0.1, -0.05) is 43.3 Å². The first-order valence-corrected chi connectivity index (χ1v) is 15.4. The Morgan fingerprint density at radius 2 is 1.85 bits per heavy atom. The van der Waals surface area contributed by atoms with E-state index in [2.05, 4.69) is 17.9 Å². The van der Waals surface area contributed by atoms with Gasteiger partial charge in [-0.2, -0.15) is 4.31 Å². The van der Waals surface area contributed by atoms with Crippen LogP contribution >= 0.6 is 10.8 Å². The Kier molecular flexibility index (Phi) is 9.87. The van der Waals surface area contributed by atoms with Crippen LogP contribution in [0, 0.1) is 24.5 Å². The molecular weight excluding hydrogens is 546 g/mol. The largest absolute Gasteiger partial charge is 0.481 e. The van der Waals surface area contributed by atoms with Crippen molar-refractivity contribution in [3.63, 3.8) is 0 Å². The summed E-state index contributed by atoms with van der Waals surface area (Å²) >= 11 is 0. The van der Waals surface area contributed by atoms with Crippen molar-refractivity contribution in [3.8, 4) is 0 Å². The topological polar surface area (TPSA) is 84.2 Å². The van der Waals surface area contributed by atoms with Gasteiger partial charge in [-0.3, -0.25) is 13.9 Å². The number of hydrogen-bond acceptors (Lipinski definition) is 5. The van der Waals surface area contributed by atoms with E-state index in [1.165, 1.54) is 11.6 Å². The average molecular weight is 587 g/mol. The number of aliphatic carboxylic acids is 1. The Morgan fingerprint density at radius 1 is 1.10 bits per heavy atom. The van der Waals surface area contributed by atoms with Gasteiger partial charge in [0.2, 0.25) is 0 Å². The van der Waals surface area contributed by atoms with Crippen molar-refractivity contribution in [3.05, 3.63) is 99.6 Å². The lowest BCUT2D eigenvalue weighted by atomic mass is 9.86. The molecule has 0 aliphatic carbocycles. The number of benzene rings is 3. The number of hydrogen-bond donors (Lipinski definition) is 3. The lowest BCUT2D eigenvalue weighted by Crippen LogP contribution is -2.30. The first kappa shape index (κ1) is 31.1. The molecule has 0 spiro atoms. The highest BCUT2D eigenvalue weighted by molar-refractivity contribution is 8.22. The first-order chi connectivity index (χ1) is 19.3. The summed E-state index contributed by atoms with van der Waals surface area (Å²) < 4.78 is 53.3. The van der Waals surface area contributed by atoms with Crippen LogP contribution in [0.3, 0.4) is 0 Å². The SMILES string of the molecule is Cc1ccc(C(CC(=O)O)c2ccc(F)cc2F)cc1CN1CC(C)Cc2cc(CCCN(C)C)ccc2S1(O)O.